The van der Waals surface area contributed by atoms with Gasteiger partial charge in [0.25, 0.3) is 0 Å². The molecule has 0 N–H and O–H groups in total. The second-order valence-corrected chi connectivity index (χ2v) is 16.1. The van der Waals surface area contributed by atoms with Crippen LogP contribution in [-0.4, -0.2) is 12.6 Å². The topological polar surface area (TPSA) is 76.3 Å². The van der Waals surface area contributed by atoms with Crippen LogP contribution >= 0.6 is 0 Å². The normalized spacial score (nSPS) is 11.1. The maximum absolute atomic E-state index is 10.5. The first-order valence-electron chi connectivity index (χ1n) is 16.4. The van der Waals surface area contributed by atoms with Gasteiger partial charge in [-0.3, -0.25) is 0 Å². The molecule has 0 bridgehead atoms. The van der Waals surface area contributed by atoms with Crippen LogP contribution in [0.1, 0.15) is 16.7 Å². The van der Waals surface area contributed by atoms with Crippen molar-refractivity contribution in [3.05, 3.63) is 187 Å². The molecule has 0 fully saturated rings. The average Bonchev–Trinajstić information content (AvgIpc) is 3.52. The number of aromatic nitrogens is 1. The van der Waals surface area contributed by atoms with E-state index in [1.165, 1.54) is 15.6 Å². The van der Waals surface area contributed by atoms with Gasteiger partial charge in [0.05, 0.1) is 45.9 Å². The molecule has 0 unspecified atom stereocenters. The molecule has 5 heteroatoms. The molecular weight excluding hydrogens is 625 g/mol. The summed E-state index contributed by atoms with van der Waals surface area (Å²) >= 11 is 0. The molecule has 8 rings (SSSR count). The summed E-state index contributed by atoms with van der Waals surface area (Å²) in [7, 11) is -2.90. The van der Waals surface area contributed by atoms with Crippen LogP contribution in [0.3, 0.4) is 0 Å². The molecule has 0 amide bonds. The number of hydrogen-bond acceptors (Lipinski definition) is 3. The monoisotopic (exact) mass is 652 g/mol. The molecule has 7 aromatic carbocycles. The quantitative estimate of drug-likeness (QED) is 0.138. The van der Waals surface area contributed by atoms with Gasteiger partial charge in [-0.2, -0.15) is 15.8 Å². The third kappa shape index (κ3) is 4.80. The van der Waals surface area contributed by atoms with E-state index in [-0.39, 0.29) is 0 Å². The highest BCUT2D eigenvalue weighted by molar-refractivity contribution is 7.19. The van der Waals surface area contributed by atoms with Crippen LogP contribution in [-0.2, 0) is 0 Å². The fourth-order valence-corrected chi connectivity index (χ4v) is 12.2. The van der Waals surface area contributed by atoms with Crippen molar-refractivity contribution in [2.24, 2.45) is 0 Å². The van der Waals surface area contributed by atoms with E-state index in [9.17, 15) is 15.8 Å². The Bertz CT molecular complexity index is 2580. The van der Waals surface area contributed by atoms with Crippen LogP contribution in [0, 0.1) is 34.0 Å². The molecule has 0 saturated carbocycles. The van der Waals surface area contributed by atoms with E-state index < -0.39 is 8.07 Å². The SMILES string of the molecule is N#Cc1ccc2c(c1)c1ccccc1n2-c1ccc(C#N)c(-c2cc([Si](c3ccccc3)(c3ccccc3)c3ccccc3)ccc2C#N)c1. The Morgan fingerprint density at radius 3 is 1.50 bits per heavy atom. The first-order chi connectivity index (χ1) is 24.7. The van der Waals surface area contributed by atoms with Gasteiger partial charge in [0, 0.05) is 27.6 Å². The lowest BCUT2D eigenvalue weighted by molar-refractivity contribution is 1.18. The third-order valence-corrected chi connectivity index (χ3v) is 14.4. The van der Waals surface area contributed by atoms with Crippen molar-refractivity contribution in [2.45, 2.75) is 0 Å². The van der Waals surface area contributed by atoms with Gasteiger partial charge in [0.1, 0.15) is 0 Å². The summed E-state index contributed by atoms with van der Waals surface area (Å²) in [5, 5.41) is 37.4. The largest absolute Gasteiger partial charge is 0.309 e. The van der Waals surface area contributed by atoms with Crippen LogP contribution in [0.5, 0.6) is 0 Å². The zero-order valence-corrected chi connectivity index (χ0v) is 28.0. The van der Waals surface area contributed by atoms with Gasteiger partial charge >= 0.3 is 0 Å². The fourth-order valence-electron chi connectivity index (χ4n) is 7.47. The minimum Gasteiger partial charge on any atom is -0.309 e. The van der Waals surface area contributed by atoms with E-state index in [1.807, 2.05) is 72.8 Å². The third-order valence-electron chi connectivity index (χ3n) is 9.67. The lowest BCUT2D eigenvalue weighted by Gasteiger charge is -2.34. The molecule has 232 valence electrons. The van der Waals surface area contributed by atoms with E-state index in [0.29, 0.717) is 22.3 Å². The van der Waals surface area contributed by atoms with Crippen molar-refractivity contribution < 1.29 is 0 Å². The molecule has 8 aromatic rings. The van der Waals surface area contributed by atoms with Gasteiger partial charge in [0.15, 0.2) is 8.07 Å². The van der Waals surface area contributed by atoms with Crippen molar-refractivity contribution in [1.82, 2.24) is 4.57 Å². The van der Waals surface area contributed by atoms with Gasteiger partial charge in [-0.15, -0.1) is 0 Å². The average molecular weight is 653 g/mol. The Kier molecular flexibility index (Phi) is 7.63. The van der Waals surface area contributed by atoms with Gasteiger partial charge in [-0.05, 0) is 69.3 Å². The molecule has 0 aliphatic rings. The Morgan fingerprint density at radius 2 is 0.920 bits per heavy atom. The number of fused-ring (bicyclic) bond motifs is 3. The Labute approximate surface area is 291 Å². The number of nitrogens with zero attached hydrogens (tertiary/aromatic N) is 4. The first kappa shape index (κ1) is 30.4. The predicted octanol–water partition coefficient (Wildman–Crippen LogP) is 7.44. The summed E-state index contributed by atoms with van der Waals surface area (Å²) in [5.41, 5.74) is 5.81. The van der Waals surface area contributed by atoms with E-state index >= 15 is 0 Å². The molecule has 50 heavy (non-hydrogen) atoms. The van der Waals surface area contributed by atoms with Crippen LogP contribution < -0.4 is 20.7 Å². The zero-order chi connectivity index (χ0) is 34.1. The lowest BCUT2D eigenvalue weighted by atomic mass is 9.95. The summed E-state index contributed by atoms with van der Waals surface area (Å²) in [6.45, 7) is 0. The summed E-state index contributed by atoms with van der Waals surface area (Å²) < 4.78 is 2.17. The van der Waals surface area contributed by atoms with Gasteiger partial charge < -0.3 is 4.57 Å². The molecule has 0 spiro atoms. The molecule has 0 aliphatic carbocycles. The maximum atomic E-state index is 10.5. The second kappa shape index (κ2) is 12.6. The Balaban J connectivity index is 1.43. The highest BCUT2D eigenvalue weighted by Crippen LogP contribution is 2.35. The van der Waals surface area contributed by atoms with E-state index in [1.54, 1.807) is 0 Å². The predicted molar refractivity (Wildman–Crippen MR) is 204 cm³/mol. The van der Waals surface area contributed by atoms with Crippen molar-refractivity contribution in [3.8, 4) is 35.0 Å². The summed E-state index contributed by atoms with van der Waals surface area (Å²) in [6.07, 6.45) is 0. The number of nitriles is 3. The molecular formula is C45H28N4Si. The molecule has 4 nitrogen and oxygen atoms in total. The summed E-state index contributed by atoms with van der Waals surface area (Å²) in [4.78, 5) is 0. The Morgan fingerprint density at radius 1 is 0.400 bits per heavy atom. The fraction of sp³-hybridized carbons (Fsp3) is 0. The number of para-hydroxylation sites is 1. The van der Waals surface area contributed by atoms with Crippen LogP contribution in [0.25, 0.3) is 38.6 Å². The molecule has 0 radical (unpaired) electrons. The zero-order valence-electron chi connectivity index (χ0n) is 27.0. The lowest BCUT2D eigenvalue weighted by Crippen LogP contribution is -2.74. The van der Waals surface area contributed by atoms with Crippen LogP contribution in [0.15, 0.2) is 170 Å². The van der Waals surface area contributed by atoms with Crippen molar-refractivity contribution in [2.75, 3.05) is 0 Å². The molecule has 1 heterocycles. The highest BCUT2D eigenvalue weighted by atomic mass is 28.3. The minimum absolute atomic E-state index is 0.487. The smallest absolute Gasteiger partial charge is 0.179 e. The number of hydrogen-bond donors (Lipinski definition) is 0. The number of rotatable bonds is 6. The molecule has 1 aromatic heterocycles. The molecule has 0 aliphatic heterocycles. The standard InChI is InChI=1S/C45H28N4Si/c46-29-32-20-25-45-43(26-32)40-18-10-11-19-44(40)49(45)35-23-21-33(30-47)41(27-35)42-28-39(24-22-34(42)31-48)50(36-12-4-1-5-13-36,37-14-6-2-7-15-37)38-16-8-3-9-17-38/h1-28H. The van der Waals surface area contributed by atoms with Gasteiger partial charge in [-0.25, -0.2) is 0 Å². The summed E-state index contributed by atoms with van der Waals surface area (Å²) in [6, 6.07) is 65.0. The summed E-state index contributed by atoms with van der Waals surface area (Å²) in [5.74, 6) is 0. The second-order valence-electron chi connectivity index (χ2n) is 12.3. The minimum atomic E-state index is -2.90. The first-order valence-corrected chi connectivity index (χ1v) is 18.4. The van der Waals surface area contributed by atoms with E-state index in [4.69, 9.17) is 0 Å². The van der Waals surface area contributed by atoms with Crippen molar-refractivity contribution in [1.29, 1.82) is 15.8 Å². The van der Waals surface area contributed by atoms with E-state index in [0.717, 1.165) is 38.2 Å². The Hall–Kier alpha value is -6.97. The van der Waals surface area contributed by atoms with Gasteiger partial charge in [0.2, 0.25) is 0 Å². The van der Waals surface area contributed by atoms with Gasteiger partial charge in [-0.1, -0.05) is 121 Å². The molecule has 0 saturated heterocycles. The number of benzene rings is 7. The van der Waals surface area contributed by atoms with E-state index in [2.05, 4.69) is 120 Å². The van der Waals surface area contributed by atoms with Crippen molar-refractivity contribution in [3.63, 3.8) is 0 Å². The van der Waals surface area contributed by atoms with Crippen LogP contribution in [0.4, 0.5) is 0 Å². The maximum Gasteiger partial charge on any atom is 0.179 e. The van der Waals surface area contributed by atoms with Crippen molar-refractivity contribution >= 4 is 50.6 Å². The molecule has 0 atom stereocenters. The highest BCUT2D eigenvalue weighted by Gasteiger charge is 2.41. The van der Waals surface area contributed by atoms with Crippen LogP contribution in [0.2, 0.25) is 0 Å².